The second-order valence-corrected chi connectivity index (χ2v) is 8.05. The molecule has 0 saturated carbocycles. The lowest BCUT2D eigenvalue weighted by Gasteiger charge is -2.28. The van der Waals surface area contributed by atoms with Gasteiger partial charge in [0.15, 0.2) is 0 Å². The van der Waals surface area contributed by atoms with E-state index in [4.69, 9.17) is 11.5 Å². The molecule has 1 aromatic rings. The largest absolute Gasteiger partial charge is 0.480 e. The van der Waals surface area contributed by atoms with Gasteiger partial charge in [-0.25, -0.2) is 9.78 Å². The van der Waals surface area contributed by atoms with Crippen LogP contribution in [-0.2, 0) is 30.4 Å². The average Bonchev–Trinajstić information content (AvgIpc) is 3.27. The van der Waals surface area contributed by atoms with Crippen LogP contribution in [0.4, 0.5) is 0 Å². The lowest BCUT2D eigenvalue weighted by molar-refractivity contribution is -0.142. The Labute approximate surface area is 196 Å². The lowest BCUT2D eigenvalue weighted by Crippen LogP contribution is -2.60. The van der Waals surface area contributed by atoms with Gasteiger partial charge in [-0.3, -0.25) is 19.2 Å². The zero-order chi connectivity index (χ0) is 26.0. The average molecular weight is 484 g/mol. The van der Waals surface area contributed by atoms with Crippen molar-refractivity contribution in [2.75, 3.05) is 0 Å². The molecule has 0 aliphatic carbocycles. The Balaban J connectivity index is 3.02. The molecule has 34 heavy (non-hydrogen) atoms. The third-order valence-electron chi connectivity index (χ3n) is 5.25. The Bertz CT molecular complexity index is 859. The zero-order valence-electron chi connectivity index (χ0n) is 19.3. The summed E-state index contributed by atoms with van der Waals surface area (Å²) in [5, 5.41) is 26.1. The van der Waals surface area contributed by atoms with E-state index in [1.54, 1.807) is 13.8 Å². The van der Waals surface area contributed by atoms with E-state index in [1.807, 2.05) is 0 Å². The highest BCUT2D eigenvalue weighted by molar-refractivity contribution is 5.96. The molecule has 0 fully saturated rings. The third kappa shape index (κ3) is 8.78. The van der Waals surface area contributed by atoms with Gasteiger partial charge in [0.05, 0.1) is 18.9 Å². The van der Waals surface area contributed by atoms with Crippen LogP contribution in [0.3, 0.4) is 0 Å². The van der Waals surface area contributed by atoms with Gasteiger partial charge in [-0.15, -0.1) is 0 Å². The molecular weight excluding hydrogens is 450 g/mol. The molecular formula is C20H33N7O7. The molecule has 1 aromatic heterocycles. The molecule has 0 aliphatic rings. The second-order valence-electron chi connectivity index (χ2n) is 8.05. The molecule has 0 radical (unpaired) electrons. The number of amides is 4. The van der Waals surface area contributed by atoms with E-state index in [9.17, 15) is 34.2 Å². The summed E-state index contributed by atoms with van der Waals surface area (Å²) in [6.07, 6.45) is 1.29. The number of imidazole rings is 1. The maximum absolute atomic E-state index is 13.0. The number of aliphatic hydroxyl groups excluding tert-OH is 1. The Morgan fingerprint density at radius 1 is 1.06 bits per heavy atom. The number of carboxylic acid groups (broad SMARTS) is 1. The number of carboxylic acids is 1. The van der Waals surface area contributed by atoms with Crippen molar-refractivity contribution in [2.45, 2.75) is 70.3 Å². The molecule has 10 N–H and O–H groups in total. The Morgan fingerprint density at radius 3 is 2.15 bits per heavy atom. The van der Waals surface area contributed by atoms with E-state index >= 15 is 0 Å². The molecule has 0 aromatic carbocycles. The summed E-state index contributed by atoms with van der Waals surface area (Å²) in [5.41, 5.74) is 11.3. The fourth-order valence-electron chi connectivity index (χ4n) is 2.93. The van der Waals surface area contributed by atoms with E-state index in [0.29, 0.717) is 12.1 Å². The number of hydrogen-bond acceptors (Lipinski definition) is 8. The number of carbonyl (C=O) groups is 5. The van der Waals surface area contributed by atoms with Crippen LogP contribution in [0.2, 0.25) is 0 Å². The van der Waals surface area contributed by atoms with Gasteiger partial charge in [-0.1, -0.05) is 20.3 Å². The van der Waals surface area contributed by atoms with Gasteiger partial charge in [0.2, 0.25) is 23.6 Å². The zero-order valence-corrected chi connectivity index (χ0v) is 19.3. The minimum atomic E-state index is -1.50. The lowest BCUT2D eigenvalue weighted by atomic mass is 9.97. The van der Waals surface area contributed by atoms with E-state index in [-0.39, 0.29) is 6.42 Å². The molecule has 0 spiro atoms. The summed E-state index contributed by atoms with van der Waals surface area (Å²) in [5.74, 6) is -5.20. The molecule has 1 heterocycles. The van der Waals surface area contributed by atoms with Crippen LogP contribution in [0, 0.1) is 5.92 Å². The van der Waals surface area contributed by atoms with Crippen LogP contribution in [0.5, 0.6) is 0 Å². The highest BCUT2D eigenvalue weighted by atomic mass is 16.4. The van der Waals surface area contributed by atoms with Crippen LogP contribution in [0.15, 0.2) is 12.5 Å². The number of aromatic amines is 1. The second kappa shape index (κ2) is 13.3. The summed E-state index contributed by atoms with van der Waals surface area (Å²) in [4.78, 5) is 67.6. The highest BCUT2D eigenvalue weighted by Crippen LogP contribution is 2.10. The number of hydrogen-bond donors (Lipinski definition) is 8. The maximum Gasteiger partial charge on any atom is 0.326 e. The normalized spacial score (nSPS) is 16.3. The molecule has 14 heteroatoms. The van der Waals surface area contributed by atoms with Crippen molar-refractivity contribution < 1.29 is 34.2 Å². The van der Waals surface area contributed by atoms with Gasteiger partial charge in [0.1, 0.15) is 24.2 Å². The standard InChI is InChI=1S/C20H33N7O7/c1-4-9(2)16(27-18(31)15(22)10(3)28)19(32)25-12(6-14(21)29)17(30)26-13(20(33)34)5-11-7-23-8-24-11/h7-10,12-13,15-16,28H,4-6,22H2,1-3H3,(H2,21,29)(H,23,24)(H,25,32)(H,26,30)(H,27,31)(H,33,34). The number of nitrogens with one attached hydrogen (secondary N) is 4. The molecule has 6 atom stereocenters. The van der Waals surface area contributed by atoms with Crippen LogP contribution in [0.1, 0.15) is 39.3 Å². The number of aliphatic carboxylic acids is 1. The number of nitrogens with zero attached hydrogens (tertiary/aromatic N) is 1. The molecule has 14 nitrogen and oxygen atoms in total. The van der Waals surface area contributed by atoms with Crippen molar-refractivity contribution in [3.05, 3.63) is 18.2 Å². The first kappa shape index (κ1) is 28.5. The molecule has 6 unspecified atom stereocenters. The van der Waals surface area contributed by atoms with E-state index in [1.165, 1.54) is 19.4 Å². The van der Waals surface area contributed by atoms with Crippen LogP contribution >= 0.6 is 0 Å². The van der Waals surface area contributed by atoms with E-state index in [2.05, 4.69) is 25.9 Å². The smallest absolute Gasteiger partial charge is 0.326 e. The molecule has 0 aliphatic heterocycles. The number of rotatable bonds is 14. The van der Waals surface area contributed by atoms with Crippen molar-refractivity contribution in [1.82, 2.24) is 25.9 Å². The van der Waals surface area contributed by atoms with Gasteiger partial charge >= 0.3 is 5.97 Å². The Morgan fingerprint density at radius 2 is 1.68 bits per heavy atom. The SMILES string of the molecule is CCC(C)C(NC(=O)C(N)C(C)O)C(=O)NC(CC(N)=O)C(=O)NC(Cc1cnc[nH]1)C(=O)O. The minimum absolute atomic E-state index is 0.124. The van der Waals surface area contributed by atoms with E-state index < -0.39 is 72.2 Å². The molecule has 0 saturated heterocycles. The number of aromatic nitrogens is 2. The fourth-order valence-corrected chi connectivity index (χ4v) is 2.93. The monoisotopic (exact) mass is 483 g/mol. The predicted octanol–water partition coefficient (Wildman–Crippen LogP) is -2.88. The summed E-state index contributed by atoms with van der Waals surface area (Å²) < 4.78 is 0. The first-order valence-corrected chi connectivity index (χ1v) is 10.7. The quantitative estimate of drug-likeness (QED) is 0.135. The molecule has 190 valence electrons. The summed E-state index contributed by atoms with van der Waals surface area (Å²) in [6.45, 7) is 4.76. The van der Waals surface area contributed by atoms with E-state index in [0.717, 1.165) is 0 Å². The highest BCUT2D eigenvalue weighted by Gasteiger charge is 2.33. The maximum atomic E-state index is 13.0. The summed E-state index contributed by atoms with van der Waals surface area (Å²) >= 11 is 0. The van der Waals surface area contributed by atoms with Crippen molar-refractivity contribution in [2.24, 2.45) is 17.4 Å². The van der Waals surface area contributed by atoms with Crippen molar-refractivity contribution in [1.29, 1.82) is 0 Å². The van der Waals surface area contributed by atoms with Crippen molar-refractivity contribution in [3.63, 3.8) is 0 Å². The number of nitrogens with two attached hydrogens (primary N) is 2. The predicted molar refractivity (Wildman–Crippen MR) is 119 cm³/mol. The first-order valence-electron chi connectivity index (χ1n) is 10.7. The molecule has 0 bridgehead atoms. The van der Waals surface area contributed by atoms with Crippen molar-refractivity contribution >= 4 is 29.6 Å². The van der Waals surface area contributed by atoms with Crippen LogP contribution in [-0.4, -0.2) is 80.1 Å². The Kier molecular flexibility index (Phi) is 11.1. The molecule has 4 amide bonds. The van der Waals surface area contributed by atoms with Gasteiger partial charge in [-0.2, -0.15) is 0 Å². The summed E-state index contributed by atoms with van der Waals surface area (Å²) in [7, 11) is 0. The Hall–Kier alpha value is -3.52. The fraction of sp³-hybridized carbons (Fsp3) is 0.600. The van der Waals surface area contributed by atoms with Crippen LogP contribution in [0.25, 0.3) is 0 Å². The minimum Gasteiger partial charge on any atom is -0.480 e. The van der Waals surface area contributed by atoms with Crippen molar-refractivity contribution in [3.8, 4) is 0 Å². The number of H-pyrrole nitrogens is 1. The first-order chi connectivity index (χ1) is 15.9. The van der Waals surface area contributed by atoms with Gasteiger partial charge in [-0.05, 0) is 12.8 Å². The summed E-state index contributed by atoms with van der Waals surface area (Å²) in [6, 6.07) is -5.31. The van der Waals surface area contributed by atoms with Gasteiger partial charge in [0.25, 0.3) is 0 Å². The van der Waals surface area contributed by atoms with Crippen LogP contribution < -0.4 is 27.4 Å². The third-order valence-corrected chi connectivity index (χ3v) is 5.25. The number of aliphatic hydroxyl groups is 1. The number of primary amides is 1. The van der Waals surface area contributed by atoms with Gasteiger partial charge in [0, 0.05) is 18.3 Å². The molecule has 1 rings (SSSR count). The van der Waals surface area contributed by atoms with Gasteiger partial charge < -0.3 is 42.6 Å². The number of carbonyl (C=O) groups excluding carboxylic acids is 4. The topological polar surface area (TPSA) is 243 Å².